The molecule has 3 heterocycles. The van der Waals surface area contributed by atoms with Crippen molar-refractivity contribution in [3.05, 3.63) is 65.0 Å². The Labute approximate surface area is 190 Å². The second kappa shape index (κ2) is 7.78. The SMILES string of the molecule is O=C(NC1CC1)c1cc(N2CCC(c3nc4cc(Cl)ccc4o3)CC2)nc2ccccc12. The minimum atomic E-state index is -0.00706. The summed E-state index contributed by atoms with van der Waals surface area (Å²) in [7, 11) is 0. The Hall–Kier alpha value is -3.12. The quantitative estimate of drug-likeness (QED) is 0.460. The molecule has 2 fully saturated rings. The van der Waals surface area contributed by atoms with Crippen molar-refractivity contribution >= 4 is 45.3 Å². The smallest absolute Gasteiger partial charge is 0.252 e. The van der Waals surface area contributed by atoms with Crippen molar-refractivity contribution in [3.63, 3.8) is 0 Å². The minimum absolute atomic E-state index is 0.00706. The number of para-hydroxylation sites is 1. The van der Waals surface area contributed by atoms with Gasteiger partial charge in [0.2, 0.25) is 0 Å². The first-order valence-electron chi connectivity index (χ1n) is 11.2. The number of amides is 1. The van der Waals surface area contributed by atoms with Crippen molar-refractivity contribution in [1.29, 1.82) is 0 Å². The maximum Gasteiger partial charge on any atom is 0.252 e. The molecule has 2 aliphatic rings. The van der Waals surface area contributed by atoms with Crippen LogP contribution < -0.4 is 10.2 Å². The van der Waals surface area contributed by atoms with E-state index in [1.54, 1.807) is 0 Å². The number of oxazole rings is 1. The van der Waals surface area contributed by atoms with Gasteiger partial charge < -0.3 is 14.6 Å². The number of pyridine rings is 1. The van der Waals surface area contributed by atoms with Crippen molar-refractivity contribution < 1.29 is 9.21 Å². The van der Waals surface area contributed by atoms with Crippen molar-refractivity contribution in [2.45, 2.75) is 37.6 Å². The molecule has 6 nitrogen and oxygen atoms in total. The molecule has 1 N–H and O–H groups in total. The van der Waals surface area contributed by atoms with E-state index in [1.165, 1.54) is 0 Å². The Morgan fingerprint density at radius 2 is 1.81 bits per heavy atom. The Morgan fingerprint density at radius 3 is 2.62 bits per heavy atom. The Morgan fingerprint density at radius 1 is 1.00 bits per heavy atom. The van der Waals surface area contributed by atoms with Gasteiger partial charge >= 0.3 is 0 Å². The van der Waals surface area contributed by atoms with Crippen molar-refractivity contribution in [1.82, 2.24) is 15.3 Å². The number of carbonyl (C=O) groups is 1. The summed E-state index contributed by atoms with van der Waals surface area (Å²) >= 11 is 6.08. The zero-order chi connectivity index (χ0) is 21.7. The number of hydrogen-bond acceptors (Lipinski definition) is 5. The molecule has 0 atom stereocenters. The number of piperidine rings is 1. The van der Waals surface area contributed by atoms with Gasteiger partial charge in [0.1, 0.15) is 11.3 Å². The summed E-state index contributed by atoms with van der Waals surface area (Å²) in [4.78, 5) is 24.7. The van der Waals surface area contributed by atoms with E-state index in [0.717, 1.165) is 72.5 Å². The molecule has 1 saturated heterocycles. The molecule has 0 spiro atoms. The Balaban J connectivity index is 1.24. The van der Waals surface area contributed by atoms with E-state index in [0.29, 0.717) is 16.6 Å². The van der Waals surface area contributed by atoms with E-state index in [-0.39, 0.29) is 11.8 Å². The van der Waals surface area contributed by atoms with Crippen molar-refractivity contribution in [2.75, 3.05) is 18.0 Å². The molecular formula is C25H23ClN4O2. The number of aromatic nitrogens is 2. The highest BCUT2D eigenvalue weighted by Crippen LogP contribution is 2.33. The van der Waals surface area contributed by atoms with Gasteiger partial charge in [0, 0.05) is 35.5 Å². The Bertz CT molecular complexity index is 1320. The summed E-state index contributed by atoms with van der Waals surface area (Å²) in [6.07, 6.45) is 3.96. The normalized spacial score (nSPS) is 17.2. The summed E-state index contributed by atoms with van der Waals surface area (Å²) < 4.78 is 6.00. The Kier molecular flexibility index (Phi) is 4.76. The highest BCUT2D eigenvalue weighted by atomic mass is 35.5. The van der Waals surface area contributed by atoms with Crippen LogP contribution in [0.2, 0.25) is 5.02 Å². The molecular weight excluding hydrogens is 424 g/mol. The van der Waals surface area contributed by atoms with E-state index >= 15 is 0 Å². The first-order valence-corrected chi connectivity index (χ1v) is 11.5. The van der Waals surface area contributed by atoms with Crippen LogP contribution >= 0.6 is 11.6 Å². The largest absolute Gasteiger partial charge is 0.440 e. The van der Waals surface area contributed by atoms with E-state index in [2.05, 4.69) is 15.2 Å². The third kappa shape index (κ3) is 3.69. The highest BCUT2D eigenvalue weighted by molar-refractivity contribution is 6.31. The van der Waals surface area contributed by atoms with Crippen LogP contribution in [0.15, 0.2) is 52.9 Å². The summed E-state index contributed by atoms with van der Waals surface area (Å²) in [6.45, 7) is 1.67. The lowest BCUT2D eigenvalue weighted by Gasteiger charge is -2.32. The molecule has 162 valence electrons. The summed E-state index contributed by atoms with van der Waals surface area (Å²) in [6, 6.07) is 15.7. The van der Waals surface area contributed by atoms with Gasteiger partial charge in [-0.3, -0.25) is 4.79 Å². The zero-order valence-corrected chi connectivity index (χ0v) is 18.3. The molecule has 0 radical (unpaired) electrons. The maximum absolute atomic E-state index is 12.9. The number of carbonyl (C=O) groups excluding carboxylic acids is 1. The fourth-order valence-electron chi connectivity index (χ4n) is 4.45. The predicted molar refractivity (Wildman–Crippen MR) is 125 cm³/mol. The molecule has 1 aliphatic heterocycles. The fraction of sp³-hybridized carbons (Fsp3) is 0.320. The third-order valence-electron chi connectivity index (χ3n) is 6.39. The lowest BCUT2D eigenvalue weighted by Crippen LogP contribution is -2.34. The summed E-state index contributed by atoms with van der Waals surface area (Å²) in [5, 5.41) is 4.68. The van der Waals surface area contributed by atoms with Gasteiger partial charge in [-0.1, -0.05) is 29.8 Å². The molecule has 7 heteroatoms. The first kappa shape index (κ1) is 19.6. The van der Waals surface area contributed by atoms with Crippen LogP contribution in [0.25, 0.3) is 22.0 Å². The van der Waals surface area contributed by atoms with Crippen LogP contribution in [0.1, 0.15) is 47.8 Å². The monoisotopic (exact) mass is 446 g/mol. The molecule has 2 aromatic heterocycles. The molecule has 0 unspecified atom stereocenters. The van der Waals surface area contributed by atoms with Crippen LogP contribution in [-0.4, -0.2) is 35.0 Å². The zero-order valence-electron chi connectivity index (χ0n) is 17.6. The van der Waals surface area contributed by atoms with Gasteiger partial charge in [-0.2, -0.15) is 0 Å². The van der Waals surface area contributed by atoms with Crippen LogP contribution in [0.3, 0.4) is 0 Å². The van der Waals surface area contributed by atoms with Gasteiger partial charge in [-0.25, -0.2) is 9.97 Å². The number of nitrogens with zero attached hydrogens (tertiary/aromatic N) is 3. The van der Waals surface area contributed by atoms with E-state index in [1.807, 2.05) is 48.5 Å². The molecule has 1 amide bonds. The topological polar surface area (TPSA) is 71.3 Å². The van der Waals surface area contributed by atoms with Crippen LogP contribution in [0.4, 0.5) is 5.82 Å². The molecule has 6 rings (SSSR count). The highest BCUT2D eigenvalue weighted by Gasteiger charge is 2.28. The van der Waals surface area contributed by atoms with Gasteiger partial charge in [0.05, 0.1) is 11.1 Å². The van der Waals surface area contributed by atoms with Gasteiger partial charge in [-0.05, 0) is 56.0 Å². The fourth-order valence-corrected chi connectivity index (χ4v) is 4.62. The molecule has 0 bridgehead atoms. The summed E-state index contributed by atoms with van der Waals surface area (Å²) in [5.74, 6) is 1.88. The lowest BCUT2D eigenvalue weighted by atomic mass is 9.96. The van der Waals surface area contributed by atoms with Crippen LogP contribution in [0, 0.1) is 0 Å². The number of benzene rings is 2. The van der Waals surface area contributed by atoms with Gasteiger partial charge in [0.25, 0.3) is 5.91 Å². The number of hydrogen-bond donors (Lipinski definition) is 1. The van der Waals surface area contributed by atoms with Crippen molar-refractivity contribution in [3.8, 4) is 0 Å². The lowest BCUT2D eigenvalue weighted by molar-refractivity contribution is 0.0952. The molecule has 4 aromatic rings. The predicted octanol–water partition coefficient (Wildman–Crippen LogP) is 5.31. The molecule has 1 aliphatic carbocycles. The second-order valence-corrected chi connectivity index (χ2v) is 9.15. The molecule has 1 saturated carbocycles. The second-order valence-electron chi connectivity index (χ2n) is 8.72. The third-order valence-corrected chi connectivity index (χ3v) is 6.63. The van der Waals surface area contributed by atoms with E-state index in [4.69, 9.17) is 21.0 Å². The number of fused-ring (bicyclic) bond motifs is 2. The van der Waals surface area contributed by atoms with Crippen LogP contribution in [0.5, 0.6) is 0 Å². The average Bonchev–Trinajstić information content (AvgIpc) is 3.53. The van der Waals surface area contributed by atoms with Crippen molar-refractivity contribution in [2.24, 2.45) is 0 Å². The molecule has 2 aromatic carbocycles. The van der Waals surface area contributed by atoms with Gasteiger partial charge in [-0.15, -0.1) is 0 Å². The first-order chi connectivity index (χ1) is 15.6. The van der Waals surface area contributed by atoms with Gasteiger partial charge in [0.15, 0.2) is 11.5 Å². The standard InChI is InChI=1S/C25H23ClN4O2/c26-16-5-8-22-21(13-16)29-25(32-22)15-9-11-30(12-10-15)23-14-19(24(31)27-17-6-7-17)18-3-1-2-4-20(18)28-23/h1-5,8,13-15,17H,6-7,9-12H2,(H,27,31). The molecule has 32 heavy (non-hydrogen) atoms. The minimum Gasteiger partial charge on any atom is -0.440 e. The van der Waals surface area contributed by atoms with E-state index < -0.39 is 0 Å². The van der Waals surface area contributed by atoms with E-state index in [9.17, 15) is 4.79 Å². The summed E-state index contributed by atoms with van der Waals surface area (Å²) in [5.41, 5.74) is 3.13. The van der Waals surface area contributed by atoms with Crippen LogP contribution in [-0.2, 0) is 0 Å². The maximum atomic E-state index is 12.9. The average molecular weight is 447 g/mol. The number of rotatable bonds is 4. The number of anilines is 1. The number of halogens is 1. The number of nitrogens with one attached hydrogen (secondary N) is 1.